The van der Waals surface area contributed by atoms with Gasteiger partial charge < -0.3 is 15.7 Å². The van der Waals surface area contributed by atoms with Crippen LogP contribution in [0, 0.1) is 13.8 Å². The zero-order valence-corrected chi connectivity index (χ0v) is 21.0. The molecule has 0 saturated carbocycles. The van der Waals surface area contributed by atoms with Crippen LogP contribution in [0.1, 0.15) is 49.4 Å². The largest absolute Gasteiger partial charge is 0.508 e. The van der Waals surface area contributed by atoms with Crippen LogP contribution >= 0.6 is 0 Å². The minimum atomic E-state index is -1.00. The first-order chi connectivity index (χ1) is 17.2. The number of pyridine rings is 1. The molecule has 3 aromatic rings. The average Bonchev–Trinajstić information content (AvgIpc) is 2.84. The third kappa shape index (κ3) is 6.69. The summed E-state index contributed by atoms with van der Waals surface area (Å²) in [4.78, 5) is 45.3. The van der Waals surface area contributed by atoms with Crippen molar-refractivity contribution in [2.45, 2.75) is 52.6 Å². The van der Waals surface area contributed by atoms with Crippen molar-refractivity contribution in [1.82, 2.24) is 10.3 Å². The molecule has 36 heavy (non-hydrogen) atoms. The Morgan fingerprint density at radius 3 is 2.31 bits per heavy atom. The number of benzene rings is 2. The molecule has 8 heteroatoms. The molecular formula is C28H32N4O4. The number of phenolic OH excluding ortho intramolecular Hbond substituents is 1. The maximum atomic E-state index is 13.7. The minimum Gasteiger partial charge on any atom is -0.508 e. The first-order valence-electron chi connectivity index (χ1n) is 11.9. The summed E-state index contributed by atoms with van der Waals surface area (Å²) < 4.78 is 0. The normalized spacial score (nSPS) is 11.6. The Hall–Kier alpha value is -4.20. The Bertz CT molecular complexity index is 1210. The summed E-state index contributed by atoms with van der Waals surface area (Å²) in [6.45, 7) is 7.52. The number of hydrogen-bond donors (Lipinski definition) is 3. The van der Waals surface area contributed by atoms with E-state index < -0.39 is 6.04 Å². The van der Waals surface area contributed by atoms with Crippen LogP contribution in [0.5, 0.6) is 5.75 Å². The summed E-state index contributed by atoms with van der Waals surface area (Å²) in [5, 5.41) is 15.4. The predicted octanol–water partition coefficient (Wildman–Crippen LogP) is 4.42. The molecule has 0 aliphatic carbocycles. The second kappa shape index (κ2) is 12.0. The smallest absolute Gasteiger partial charge is 0.248 e. The van der Waals surface area contributed by atoms with Gasteiger partial charge in [0, 0.05) is 30.8 Å². The molecule has 3 N–H and O–H groups in total. The van der Waals surface area contributed by atoms with Crippen LogP contribution in [-0.2, 0) is 14.4 Å². The summed E-state index contributed by atoms with van der Waals surface area (Å²) in [5.74, 6) is -0.632. The van der Waals surface area contributed by atoms with Crippen molar-refractivity contribution in [2.24, 2.45) is 0 Å². The molecule has 188 valence electrons. The Balaban J connectivity index is 1.98. The fourth-order valence-electron chi connectivity index (χ4n) is 3.83. The minimum absolute atomic E-state index is 0.0533. The molecule has 2 aromatic carbocycles. The number of nitrogens with zero attached hydrogens (tertiary/aromatic N) is 2. The van der Waals surface area contributed by atoms with Gasteiger partial charge in [0.15, 0.2) is 0 Å². The molecular weight excluding hydrogens is 456 g/mol. The summed E-state index contributed by atoms with van der Waals surface area (Å²) in [6.07, 6.45) is 1.37. The summed E-state index contributed by atoms with van der Waals surface area (Å²) in [6, 6.07) is 15.8. The molecule has 1 heterocycles. The standard InChI is InChI=1S/C28H32N4O4/c1-18(2)30-28(36)27(21-11-13-22(33)14-12-21)32(23-9-7-8-19(3)20(23)4)26(35)16-15-25(34)31-24-10-5-6-17-29-24/h5-14,17-18,27,33H,15-16H2,1-4H3,(H,30,36)(H,29,31,34). The molecule has 0 radical (unpaired) electrons. The number of rotatable bonds is 9. The van der Waals surface area contributed by atoms with Gasteiger partial charge in [-0.3, -0.25) is 19.3 Å². The molecule has 0 bridgehead atoms. The highest BCUT2D eigenvalue weighted by Gasteiger charge is 2.34. The van der Waals surface area contributed by atoms with E-state index in [0.717, 1.165) is 11.1 Å². The van der Waals surface area contributed by atoms with Gasteiger partial charge in [0.2, 0.25) is 17.7 Å². The van der Waals surface area contributed by atoms with Gasteiger partial charge >= 0.3 is 0 Å². The lowest BCUT2D eigenvalue weighted by atomic mass is 9.99. The summed E-state index contributed by atoms with van der Waals surface area (Å²) in [5.41, 5.74) is 2.94. The van der Waals surface area contributed by atoms with E-state index >= 15 is 0 Å². The van der Waals surface area contributed by atoms with Crippen LogP contribution < -0.4 is 15.5 Å². The zero-order valence-electron chi connectivity index (χ0n) is 21.0. The highest BCUT2D eigenvalue weighted by atomic mass is 16.3. The van der Waals surface area contributed by atoms with Crippen molar-refractivity contribution in [3.8, 4) is 5.75 Å². The van der Waals surface area contributed by atoms with Crippen LogP contribution in [0.3, 0.4) is 0 Å². The lowest BCUT2D eigenvalue weighted by Crippen LogP contribution is -2.46. The fraction of sp³-hybridized carbons (Fsp3) is 0.286. The highest BCUT2D eigenvalue weighted by Crippen LogP contribution is 2.33. The third-order valence-corrected chi connectivity index (χ3v) is 5.75. The SMILES string of the molecule is Cc1cccc(N(C(=O)CCC(=O)Nc2ccccn2)C(C(=O)NC(C)C)c2ccc(O)cc2)c1C. The number of aromatic hydroxyl groups is 1. The van der Waals surface area contributed by atoms with E-state index in [1.165, 1.54) is 17.0 Å². The van der Waals surface area contributed by atoms with E-state index in [2.05, 4.69) is 15.6 Å². The van der Waals surface area contributed by atoms with Crippen LogP contribution in [0.15, 0.2) is 66.9 Å². The topological polar surface area (TPSA) is 112 Å². The second-order valence-corrected chi connectivity index (χ2v) is 8.90. The van der Waals surface area contributed by atoms with Crippen molar-refractivity contribution >= 4 is 29.2 Å². The maximum Gasteiger partial charge on any atom is 0.248 e. The van der Waals surface area contributed by atoms with Crippen LogP contribution in [-0.4, -0.2) is 33.9 Å². The zero-order chi connectivity index (χ0) is 26.2. The van der Waals surface area contributed by atoms with Crippen molar-refractivity contribution in [2.75, 3.05) is 10.2 Å². The lowest BCUT2D eigenvalue weighted by Gasteiger charge is -2.33. The van der Waals surface area contributed by atoms with Crippen molar-refractivity contribution in [3.63, 3.8) is 0 Å². The van der Waals surface area contributed by atoms with E-state index in [1.54, 1.807) is 42.6 Å². The number of aromatic nitrogens is 1. The Kier molecular flexibility index (Phi) is 8.78. The van der Waals surface area contributed by atoms with Gasteiger partial charge in [-0.15, -0.1) is 0 Å². The van der Waals surface area contributed by atoms with Gasteiger partial charge in [-0.1, -0.05) is 30.3 Å². The van der Waals surface area contributed by atoms with Crippen LogP contribution in [0.25, 0.3) is 0 Å². The number of nitrogens with one attached hydrogen (secondary N) is 2. The molecule has 3 rings (SSSR count). The second-order valence-electron chi connectivity index (χ2n) is 8.90. The third-order valence-electron chi connectivity index (χ3n) is 5.75. The van der Waals surface area contributed by atoms with E-state index in [0.29, 0.717) is 17.1 Å². The van der Waals surface area contributed by atoms with E-state index in [9.17, 15) is 19.5 Å². The van der Waals surface area contributed by atoms with E-state index in [4.69, 9.17) is 0 Å². The van der Waals surface area contributed by atoms with E-state index in [-0.39, 0.29) is 42.4 Å². The molecule has 1 unspecified atom stereocenters. The monoisotopic (exact) mass is 488 g/mol. The number of carbonyl (C=O) groups is 3. The van der Waals surface area contributed by atoms with Gasteiger partial charge in [0.05, 0.1) is 0 Å². The predicted molar refractivity (Wildman–Crippen MR) is 140 cm³/mol. The molecule has 0 aliphatic heterocycles. The van der Waals surface area contributed by atoms with Crippen LogP contribution in [0.4, 0.5) is 11.5 Å². The van der Waals surface area contributed by atoms with Gasteiger partial charge in [-0.2, -0.15) is 0 Å². The first kappa shape index (κ1) is 26.4. The number of amides is 3. The van der Waals surface area contributed by atoms with E-state index in [1.807, 2.05) is 39.8 Å². The number of hydrogen-bond acceptors (Lipinski definition) is 5. The Morgan fingerprint density at radius 2 is 1.67 bits per heavy atom. The van der Waals surface area contributed by atoms with Gasteiger partial charge in [0.1, 0.15) is 17.6 Å². The number of aryl methyl sites for hydroxylation is 1. The van der Waals surface area contributed by atoms with Gasteiger partial charge in [-0.25, -0.2) is 4.98 Å². The number of phenols is 1. The molecule has 8 nitrogen and oxygen atoms in total. The van der Waals surface area contributed by atoms with Gasteiger partial charge in [-0.05, 0) is 74.7 Å². The van der Waals surface area contributed by atoms with Gasteiger partial charge in [0.25, 0.3) is 0 Å². The molecule has 0 fully saturated rings. The average molecular weight is 489 g/mol. The Morgan fingerprint density at radius 1 is 0.944 bits per heavy atom. The molecule has 1 atom stereocenters. The fourth-order valence-corrected chi connectivity index (χ4v) is 3.83. The van der Waals surface area contributed by atoms with Crippen molar-refractivity contribution in [3.05, 3.63) is 83.6 Å². The molecule has 3 amide bonds. The quantitative estimate of drug-likeness (QED) is 0.413. The molecule has 0 saturated heterocycles. The van der Waals surface area contributed by atoms with Crippen LogP contribution in [0.2, 0.25) is 0 Å². The van der Waals surface area contributed by atoms with Crippen molar-refractivity contribution < 1.29 is 19.5 Å². The Labute approximate surface area is 211 Å². The summed E-state index contributed by atoms with van der Waals surface area (Å²) >= 11 is 0. The summed E-state index contributed by atoms with van der Waals surface area (Å²) in [7, 11) is 0. The first-order valence-corrected chi connectivity index (χ1v) is 11.9. The molecule has 1 aromatic heterocycles. The highest BCUT2D eigenvalue weighted by molar-refractivity contribution is 6.03. The number of anilines is 2. The maximum absolute atomic E-state index is 13.7. The molecule has 0 aliphatic rings. The molecule has 0 spiro atoms. The number of carbonyl (C=O) groups excluding carboxylic acids is 3. The van der Waals surface area contributed by atoms with Crippen molar-refractivity contribution in [1.29, 1.82) is 0 Å². The lowest BCUT2D eigenvalue weighted by molar-refractivity contribution is -0.127.